The van der Waals surface area contributed by atoms with Gasteiger partial charge in [-0.2, -0.15) is 13.2 Å². The Kier molecular flexibility index (Phi) is 5.46. The molecule has 0 unspecified atom stereocenters. The Balaban J connectivity index is 2.64. The van der Waals surface area contributed by atoms with Crippen molar-refractivity contribution in [3.63, 3.8) is 0 Å². The molecule has 2 aromatic carbocycles. The Bertz CT molecular complexity index is 712. The third kappa shape index (κ3) is 4.05. The quantitative estimate of drug-likeness (QED) is 0.846. The van der Waals surface area contributed by atoms with Gasteiger partial charge in [0.1, 0.15) is 12.4 Å². The van der Waals surface area contributed by atoms with E-state index in [1.54, 1.807) is 30.3 Å². The summed E-state index contributed by atoms with van der Waals surface area (Å²) in [5.41, 5.74) is -1.74. The number of benzene rings is 2. The van der Waals surface area contributed by atoms with Crippen LogP contribution in [0.3, 0.4) is 0 Å². The van der Waals surface area contributed by atoms with Crippen LogP contribution in [0.25, 0.3) is 0 Å². The second-order valence-electron chi connectivity index (χ2n) is 5.00. The number of carboxylic acid groups (broad SMARTS) is 1. The lowest BCUT2D eigenvalue weighted by Gasteiger charge is -2.19. The monoisotopic (exact) mass is 340 g/mol. The van der Waals surface area contributed by atoms with E-state index >= 15 is 0 Å². The molecule has 0 saturated carbocycles. The first-order valence-electron chi connectivity index (χ1n) is 7.08. The number of hydrogen-bond donors (Lipinski definition) is 2. The fourth-order valence-electron chi connectivity index (χ4n) is 2.40. The summed E-state index contributed by atoms with van der Waals surface area (Å²) in [4.78, 5) is 11.2. The highest BCUT2D eigenvalue weighted by atomic mass is 19.4. The maximum atomic E-state index is 13.5. The third-order valence-electron chi connectivity index (χ3n) is 3.36. The van der Waals surface area contributed by atoms with Gasteiger partial charge in [-0.25, -0.2) is 4.79 Å². The molecule has 0 atom stereocenters. The molecular weight excluding hydrogens is 325 g/mol. The molecule has 4 nitrogen and oxygen atoms in total. The van der Waals surface area contributed by atoms with Gasteiger partial charge in [0.25, 0.3) is 0 Å². The van der Waals surface area contributed by atoms with E-state index in [2.05, 4.69) is 0 Å². The molecule has 0 saturated heterocycles. The molecule has 128 valence electrons. The largest absolute Gasteiger partial charge is 0.491 e. The van der Waals surface area contributed by atoms with E-state index in [4.69, 9.17) is 14.9 Å². The minimum absolute atomic E-state index is 0.0924. The van der Waals surface area contributed by atoms with Crippen LogP contribution in [0.5, 0.6) is 5.75 Å². The number of alkyl halides is 3. The summed E-state index contributed by atoms with van der Waals surface area (Å²) in [6.45, 7) is -0.557. The van der Waals surface area contributed by atoms with E-state index in [0.717, 1.165) is 6.07 Å². The molecule has 2 N–H and O–H groups in total. The number of carbonyl (C=O) groups is 1. The number of aromatic carboxylic acids is 1. The van der Waals surface area contributed by atoms with Crippen molar-refractivity contribution in [2.45, 2.75) is 12.6 Å². The molecule has 0 radical (unpaired) electrons. The number of halogens is 3. The fourth-order valence-corrected chi connectivity index (χ4v) is 2.40. The molecule has 24 heavy (non-hydrogen) atoms. The van der Waals surface area contributed by atoms with Gasteiger partial charge in [-0.1, -0.05) is 30.3 Å². The molecule has 0 aromatic heterocycles. The van der Waals surface area contributed by atoms with E-state index < -0.39 is 23.3 Å². The molecule has 0 fully saturated rings. The number of hydrogen-bond acceptors (Lipinski definition) is 3. The summed E-state index contributed by atoms with van der Waals surface area (Å²) >= 11 is 0. The van der Waals surface area contributed by atoms with E-state index in [1.165, 1.54) is 6.07 Å². The maximum Gasteiger partial charge on any atom is 0.417 e. The summed E-state index contributed by atoms with van der Waals surface area (Å²) in [5, 5.41) is 17.9. The van der Waals surface area contributed by atoms with Crippen molar-refractivity contribution in [3.05, 3.63) is 64.7 Å². The second kappa shape index (κ2) is 7.35. The Hall–Kier alpha value is -2.54. The smallest absolute Gasteiger partial charge is 0.417 e. The molecular formula is C17H15F3O4. The molecule has 7 heteroatoms. The number of aliphatic hydroxyl groups is 1. The van der Waals surface area contributed by atoms with Gasteiger partial charge in [0, 0.05) is 12.0 Å². The lowest BCUT2D eigenvalue weighted by Crippen LogP contribution is -2.18. The van der Waals surface area contributed by atoms with Crippen LogP contribution in [-0.2, 0) is 12.6 Å². The summed E-state index contributed by atoms with van der Waals surface area (Å²) in [6, 6.07) is 10.4. The van der Waals surface area contributed by atoms with Gasteiger partial charge in [-0.15, -0.1) is 0 Å². The van der Waals surface area contributed by atoms with Crippen molar-refractivity contribution in [1.29, 1.82) is 0 Å². The lowest BCUT2D eigenvalue weighted by atomic mass is 9.94. The van der Waals surface area contributed by atoms with Crippen molar-refractivity contribution >= 4 is 5.97 Å². The SMILES string of the molecule is O=C(O)c1ccc(OCCO)c(Cc2ccccc2)c1C(F)(F)F. The summed E-state index contributed by atoms with van der Waals surface area (Å²) in [5.74, 6) is -1.75. The molecule has 0 heterocycles. The first-order valence-corrected chi connectivity index (χ1v) is 7.08. The van der Waals surface area contributed by atoms with Gasteiger partial charge >= 0.3 is 12.1 Å². The molecule has 0 aliphatic rings. The van der Waals surface area contributed by atoms with Crippen molar-refractivity contribution in [2.75, 3.05) is 13.2 Å². The highest BCUT2D eigenvalue weighted by Gasteiger charge is 2.39. The normalized spacial score (nSPS) is 11.3. The van der Waals surface area contributed by atoms with Crippen LogP contribution in [0.4, 0.5) is 13.2 Å². The zero-order valence-electron chi connectivity index (χ0n) is 12.5. The average molecular weight is 340 g/mol. The molecule has 0 bridgehead atoms. The summed E-state index contributed by atoms with van der Waals surface area (Å²) in [6.07, 6.45) is -4.99. The van der Waals surface area contributed by atoms with Crippen LogP contribution in [-0.4, -0.2) is 29.4 Å². The highest BCUT2D eigenvalue weighted by Crippen LogP contribution is 2.40. The Morgan fingerprint density at radius 1 is 1.08 bits per heavy atom. The van der Waals surface area contributed by atoms with Crippen molar-refractivity contribution < 1.29 is 32.9 Å². The van der Waals surface area contributed by atoms with Gasteiger partial charge in [-0.3, -0.25) is 0 Å². The van der Waals surface area contributed by atoms with Gasteiger partial charge in [0.05, 0.1) is 17.7 Å². The molecule has 0 aliphatic heterocycles. The highest BCUT2D eigenvalue weighted by molar-refractivity contribution is 5.90. The number of aliphatic hydroxyl groups excluding tert-OH is 1. The van der Waals surface area contributed by atoms with Crippen LogP contribution in [0, 0.1) is 0 Å². The number of rotatable bonds is 6. The van der Waals surface area contributed by atoms with Gasteiger partial charge in [0.15, 0.2) is 0 Å². The minimum atomic E-state index is -4.85. The van der Waals surface area contributed by atoms with Crippen molar-refractivity contribution in [3.8, 4) is 5.75 Å². The van der Waals surface area contributed by atoms with Crippen LogP contribution in [0.2, 0.25) is 0 Å². The van der Waals surface area contributed by atoms with Crippen molar-refractivity contribution in [2.24, 2.45) is 0 Å². The Morgan fingerprint density at radius 3 is 2.29 bits per heavy atom. The first kappa shape index (κ1) is 17.8. The average Bonchev–Trinajstić information content (AvgIpc) is 2.53. The van der Waals surface area contributed by atoms with E-state index in [1.807, 2.05) is 0 Å². The Morgan fingerprint density at radius 2 is 1.75 bits per heavy atom. The molecule has 0 spiro atoms. The van der Waals surface area contributed by atoms with Crippen LogP contribution in [0.15, 0.2) is 42.5 Å². The molecule has 0 aliphatic carbocycles. The minimum Gasteiger partial charge on any atom is -0.491 e. The number of ether oxygens (including phenoxy) is 1. The van der Waals surface area contributed by atoms with Crippen LogP contribution < -0.4 is 4.74 Å². The third-order valence-corrected chi connectivity index (χ3v) is 3.36. The van der Waals surface area contributed by atoms with E-state index in [9.17, 15) is 18.0 Å². The van der Waals surface area contributed by atoms with E-state index in [0.29, 0.717) is 5.56 Å². The van der Waals surface area contributed by atoms with E-state index in [-0.39, 0.29) is 30.9 Å². The van der Waals surface area contributed by atoms with Crippen molar-refractivity contribution in [1.82, 2.24) is 0 Å². The van der Waals surface area contributed by atoms with Crippen LogP contribution >= 0.6 is 0 Å². The number of carboxylic acids is 1. The molecule has 2 rings (SSSR count). The zero-order chi connectivity index (χ0) is 17.7. The van der Waals surface area contributed by atoms with Gasteiger partial charge in [0.2, 0.25) is 0 Å². The molecule has 0 amide bonds. The zero-order valence-corrected chi connectivity index (χ0v) is 12.5. The topological polar surface area (TPSA) is 66.8 Å². The summed E-state index contributed by atoms with van der Waals surface area (Å²) < 4.78 is 45.7. The lowest BCUT2D eigenvalue weighted by molar-refractivity contribution is -0.138. The first-order chi connectivity index (χ1) is 11.3. The standard InChI is InChI=1S/C17H15F3O4/c18-17(19,20)15-12(16(22)23)6-7-14(24-9-8-21)13(15)10-11-4-2-1-3-5-11/h1-7,21H,8-10H2,(H,22,23). The second-order valence-corrected chi connectivity index (χ2v) is 5.00. The predicted octanol–water partition coefficient (Wildman–Crippen LogP) is 3.37. The molecule has 2 aromatic rings. The fraction of sp³-hybridized carbons (Fsp3) is 0.235. The van der Waals surface area contributed by atoms with Gasteiger partial charge in [-0.05, 0) is 17.7 Å². The maximum absolute atomic E-state index is 13.5. The summed E-state index contributed by atoms with van der Waals surface area (Å²) in [7, 11) is 0. The predicted molar refractivity (Wildman–Crippen MR) is 80.2 cm³/mol. The van der Waals surface area contributed by atoms with Gasteiger partial charge < -0.3 is 14.9 Å². The Labute approximate surface area is 136 Å². The van der Waals surface area contributed by atoms with Crippen LogP contribution in [0.1, 0.15) is 27.0 Å².